The number of fused-ring (bicyclic) bond motifs is 1. The van der Waals surface area contributed by atoms with Crippen molar-refractivity contribution in [3.05, 3.63) is 65.9 Å². The molecule has 0 aliphatic heterocycles. The van der Waals surface area contributed by atoms with Crippen LogP contribution in [0.15, 0.2) is 54.7 Å². The van der Waals surface area contributed by atoms with E-state index < -0.39 is 0 Å². The maximum atomic E-state index is 12.3. The minimum atomic E-state index is -0.195. The summed E-state index contributed by atoms with van der Waals surface area (Å²) < 4.78 is 0. The van der Waals surface area contributed by atoms with Crippen molar-refractivity contribution in [3.63, 3.8) is 0 Å². The van der Waals surface area contributed by atoms with Crippen LogP contribution in [0.4, 0.5) is 11.4 Å². The number of amides is 1. The van der Waals surface area contributed by atoms with E-state index in [1.54, 1.807) is 18.3 Å². The summed E-state index contributed by atoms with van der Waals surface area (Å²) in [6, 6.07) is 14.8. The van der Waals surface area contributed by atoms with Crippen molar-refractivity contribution in [1.82, 2.24) is 4.98 Å². The highest BCUT2D eigenvalue weighted by molar-refractivity contribution is 6.08. The predicted molar refractivity (Wildman–Crippen MR) is 85.3 cm³/mol. The van der Waals surface area contributed by atoms with E-state index in [2.05, 4.69) is 10.3 Å². The molecule has 1 heterocycles. The molecule has 3 aromatic rings. The van der Waals surface area contributed by atoms with E-state index >= 15 is 0 Å². The molecule has 0 atom stereocenters. The Hall–Kier alpha value is -2.88. The Morgan fingerprint density at radius 2 is 1.95 bits per heavy atom. The number of nitrogen functional groups attached to an aromatic ring is 1. The SMILES string of the molecule is Cc1ccc(C(=O)Nc2cccc3cccnc23)cc1N. The van der Waals surface area contributed by atoms with Crippen LogP contribution in [0.2, 0.25) is 0 Å². The molecule has 0 aliphatic rings. The zero-order valence-corrected chi connectivity index (χ0v) is 11.6. The molecule has 104 valence electrons. The quantitative estimate of drug-likeness (QED) is 0.706. The number of rotatable bonds is 2. The molecular formula is C17H15N3O. The number of carbonyl (C=O) groups excluding carboxylic acids is 1. The van der Waals surface area contributed by atoms with Gasteiger partial charge >= 0.3 is 0 Å². The largest absolute Gasteiger partial charge is 0.398 e. The van der Waals surface area contributed by atoms with E-state index in [1.165, 1.54) is 0 Å². The Morgan fingerprint density at radius 3 is 2.76 bits per heavy atom. The highest BCUT2D eigenvalue weighted by Crippen LogP contribution is 2.22. The van der Waals surface area contributed by atoms with Crippen LogP contribution in [-0.4, -0.2) is 10.9 Å². The van der Waals surface area contributed by atoms with Gasteiger partial charge in [-0.05, 0) is 36.8 Å². The third-order valence-corrected chi connectivity index (χ3v) is 3.42. The van der Waals surface area contributed by atoms with Crippen LogP contribution in [-0.2, 0) is 0 Å². The first-order valence-electron chi connectivity index (χ1n) is 6.66. The third-order valence-electron chi connectivity index (χ3n) is 3.42. The molecule has 0 spiro atoms. The minimum absolute atomic E-state index is 0.195. The van der Waals surface area contributed by atoms with E-state index in [0.29, 0.717) is 16.9 Å². The normalized spacial score (nSPS) is 10.5. The van der Waals surface area contributed by atoms with Crippen LogP contribution in [0.5, 0.6) is 0 Å². The molecule has 2 aromatic carbocycles. The van der Waals surface area contributed by atoms with Crippen molar-refractivity contribution in [2.75, 3.05) is 11.1 Å². The zero-order chi connectivity index (χ0) is 14.8. The third kappa shape index (κ3) is 2.56. The summed E-state index contributed by atoms with van der Waals surface area (Å²) in [5.74, 6) is -0.195. The van der Waals surface area contributed by atoms with E-state index in [1.807, 2.05) is 43.3 Å². The van der Waals surface area contributed by atoms with Crippen LogP contribution >= 0.6 is 0 Å². The monoisotopic (exact) mass is 277 g/mol. The number of carbonyl (C=O) groups is 1. The number of benzene rings is 2. The van der Waals surface area contributed by atoms with Gasteiger partial charge < -0.3 is 11.1 Å². The number of nitrogens with one attached hydrogen (secondary N) is 1. The molecule has 0 aliphatic carbocycles. The van der Waals surface area contributed by atoms with Gasteiger partial charge in [-0.25, -0.2) is 0 Å². The summed E-state index contributed by atoms with van der Waals surface area (Å²) in [5, 5.41) is 3.88. The second kappa shape index (κ2) is 5.25. The van der Waals surface area contributed by atoms with Gasteiger partial charge in [-0.3, -0.25) is 9.78 Å². The fraction of sp³-hybridized carbons (Fsp3) is 0.0588. The van der Waals surface area contributed by atoms with Crippen molar-refractivity contribution < 1.29 is 4.79 Å². The van der Waals surface area contributed by atoms with Gasteiger partial charge in [-0.2, -0.15) is 0 Å². The van der Waals surface area contributed by atoms with Gasteiger partial charge in [0.15, 0.2) is 0 Å². The number of aryl methyl sites for hydroxylation is 1. The van der Waals surface area contributed by atoms with Crippen molar-refractivity contribution in [2.45, 2.75) is 6.92 Å². The fourth-order valence-corrected chi connectivity index (χ4v) is 2.18. The van der Waals surface area contributed by atoms with Gasteiger partial charge in [-0.1, -0.05) is 24.3 Å². The number of pyridine rings is 1. The van der Waals surface area contributed by atoms with Crippen LogP contribution < -0.4 is 11.1 Å². The van der Waals surface area contributed by atoms with Gasteiger partial charge in [0, 0.05) is 22.8 Å². The van der Waals surface area contributed by atoms with Gasteiger partial charge in [0.2, 0.25) is 0 Å². The molecule has 1 aromatic heterocycles. The number of hydrogen-bond acceptors (Lipinski definition) is 3. The van der Waals surface area contributed by atoms with Crippen LogP contribution in [0.1, 0.15) is 15.9 Å². The molecule has 0 fully saturated rings. The second-order valence-corrected chi connectivity index (χ2v) is 4.91. The van der Waals surface area contributed by atoms with Crippen molar-refractivity contribution >= 4 is 28.2 Å². The first-order chi connectivity index (χ1) is 10.1. The van der Waals surface area contributed by atoms with E-state index in [4.69, 9.17) is 5.73 Å². The van der Waals surface area contributed by atoms with E-state index in [0.717, 1.165) is 16.5 Å². The molecule has 3 N–H and O–H groups in total. The molecule has 0 bridgehead atoms. The molecular weight excluding hydrogens is 262 g/mol. The lowest BCUT2D eigenvalue weighted by Gasteiger charge is -2.09. The summed E-state index contributed by atoms with van der Waals surface area (Å²) >= 11 is 0. The Balaban J connectivity index is 1.94. The highest BCUT2D eigenvalue weighted by atomic mass is 16.1. The standard InChI is InChI=1S/C17H15N3O/c1-11-7-8-13(10-14(11)18)17(21)20-15-6-2-4-12-5-3-9-19-16(12)15/h2-10H,18H2,1H3,(H,20,21). The second-order valence-electron chi connectivity index (χ2n) is 4.91. The molecule has 0 saturated carbocycles. The summed E-state index contributed by atoms with van der Waals surface area (Å²) in [4.78, 5) is 16.6. The minimum Gasteiger partial charge on any atom is -0.398 e. The first kappa shape index (κ1) is 13.1. The molecule has 3 rings (SSSR count). The van der Waals surface area contributed by atoms with Crippen molar-refractivity contribution in [2.24, 2.45) is 0 Å². The van der Waals surface area contributed by atoms with E-state index in [9.17, 15) is 4.79 Å². The van der Waals surface area contributed by atoms with Crippen LogP contribution in [0.3, 0.4) is 0 Å². The maximum Gasteiger partial charge on any atom is 0.255 e. The predicted octanol–water partition coefficient (Wildman–Crippen LogP) is 3.38. The summed E-state index contributed by atoms with van der Waals surface area (Å²) in [5.41, 5.74) is 9.41. The number of aromatic nitrogens is 1. The number of nitrogens with zero attached hydrogens (tertiary/aromatic N) is 1. The molecule has 21 heavy (non-hydrogen) atoms. The number of para-hydroxylation sites is 1. The molecule has 4 heteroatoms. The van der Waals surface area contributed by atoms with E-state index in [-0.39, 0.29) is 5.91 Å². The summed E-state index contributed by atoms with van der Waals surface area (Å²) in [7, 11) is 0. The highest BCUT2D eigenvalue weighted by Gasteiger charge is 2.09. The Bertz CT molecular complexity index is 822. The van der Waals surface area contributed by atoms with Gasteiger partial charge in [-0.15, -0.1) is 0 Å². The van der Waals surface area contributed by atoms with Gasteiger partial charge in [0.25, 0.3) is 5.91 Å². The Labute approximate surface area is 122 Å². The van der Waals surface area contributed by atoms with Crippen LogP contribution in [0, 0.1) is 6.92 Å². The molecule has 1 amide bonds. The molecule has 0 radical (unpaired) electrons. The molecule has 0 unspecified atom stereocenters. The zero-order valence-electron chi connectivity index (χ0n) is 11.6. The van der Waals surface area contributed by atoms with Crippen molar-refractivity contribution in [1.29, 1.82) is 0 Å². The number of hydrogen-bond donors (Lipinski definition) is 2. The number of nitrogens with two attached hydrogens (primary N) is 1. The topological polar surface area (TPSA) is 68.0 Å². The van der Waals surface area contributed by atoms with Crippen molar-refractivity contribution in [3.8, 4) is 0 Å². The van der Waals surface area contributed by atoms with Gasteiger partial charge in [0.05, 0.1) is 11.2 Å². The lowest BCUT2D eigenvalue weighted by molar-refractivity contribution is 0.102. The fourth-order valence-electron chi connectivity index (χ4n) is 2.18. The number of anilines is 2. The lowest BCUT2D eigenvalue weighted by atomic mass is 10.1. The lowest BCUT2D eigenvalue weighted by Crippen LogP contribution is -2.13. The summed E-state index contributed by atoms with van der Waals surface area (Å²) in [6.07, 6.45) is 1.71. The Morgan fingerprint density at radius 1 is 1.14 bits per heavy atom. The van der Waals surface area contributed by atoms with Crippen LogP contribution in [0.25, 0.3) is 10.9 Å². The Kier molecular flexibility index (Phi) is 3.28. The molecule has 4 nitrogen and oxygen atoms in total. The smallest absolute Gasteiger partial charge is 0.255 e. The average Bonchev–Trinajstić information content (AvgIpc) is 2.50. The molecule has 0 saturated heterocycles. The first-order valence-corrected chi connectivity index (χ1v) is 6.66. The van der Waals surface area contributed by atoms with Gasteiger partial charge in [0.1, 0.15) is 0 Å². The average molecular weight is 277 g/mol. The summed E-state index contributed by atoms with van der Waals surface area (Å²) in [6.45, 7) is 1.91. The maximum absolute atomic E-state index is 12.3.